The third kappa shape index (κ3) is 5.91. The molecule has 2 rings (SSSR count). The highest BCUT2D eigenvalue weighted by Crippen LogP contribution is 2.25. The lowest BCUT2D eigenvalue weighted by molar-refractivity contribution is -0.122. The first-order valence-electron chi connectivity index (χ1n) is 7.73. The highest BCUT2D eigenvalue weighted by atomic mass is 32.1. The highest BCUT2D eigenvalue weighted by Gasteiger charge is 2.15. The topological polar surface area (TPSA) is 49.3 Å². The number of carbonyl (C=O) groups excluding carboxylic acids is 1. The lowest BCUT2D eigenvalue weighted by Crippen LogP contribution is -2.24. The van der Waals surface area contributed by atoms with E-state index in [0.717, 1.165) is 9.75 Å². The first-order chi connectivity index (χ1) is 10.3. The number of hydrogen-bond donors (Lipinski definition) is 2. The van der Waals surface area contributed by atoms with Crippen molar-refractivity contribution in [1.29, 1.82) is 0 Å². The van der Waals surface area contributed by atoms with Crippen LogP contribution < -0.4 is 5.32 Å². The Kier molecular flexibility index (Phi) is 6.78. The van der Waals surface area contributed by atoms with Gasteiger partial charge in [0, 0.05) is 11.3 Å². The van der Waals surface area contributed by atoms with Crippen LogP contribution in [0.2, 0.25) is 0 Å². The molecule has 0 bridgehead atoms. The fourth-order valence-corrected chi connectivity index (χ4v) is 3.58. The number of thiophene rings is 1. The largest absolute Gasteiger partial charge is 0.384 e. The van der Waals surface area contributed by atoms with Crippen LogP contribution in [0.4, 0.5) is 0 Å². The summed E-state index contributed by atoms with van der Waals surface area (Å²) in [6, 6.07) is 3.91. The van der Waals surface area contributed by atoms with Crippen LogP contribution >= 0.6 is 11.3 Å². The average Bonchev–Trinajstić information content (AvgIpc) is 2.79. The molecule has 0 saturated heterocycles. The molecule has 1 aliphatic carbocycles. The van der Waals surface area contributed by atoms with E-state index >= 15 is 0 Å². The van der Waals surface area contributed by atoms with Gasteiger partial charge in [-0.05, 0) is 30.9 Å². The van der Waals surface area contributed by atoms with Gasteiger partial charge in [-0.1, -0.05) is 37.5 Å². The van der Waals surface area contributed by atoms with Crippen LogP contribution in [0, 0.1) is 17.8 Å². The molecule has 114 valence electrons. The van der Waals surface area contributed by atoms with Crippen molar-refractivity contribution >= 4 is 17.2 Å². The summed E-state index contributed by atoms with van der Waals surface area (Å²) >= 11 is 1.56. The van der Waals surface area contributed by atoms with E-state index in [1.165, 1.54) is 38.5 Å². The van der Waals surface area contributed by atoms with Gasteiger partial charge in [-0.3, -0.25) is 4.79 Å². The second kappa shape index (κ2) is 8.86. The molecular weight excluding hydrogens is 282 g/mol. The van der Waals surface area contributed by atoms with Gasteiger partial charge in [0.2, 0.25) is 5.91 Å². The van der Waals surface area contributed by atoms with Crippen LogP contribution in [-0.2, 0) is 11.3 Å². The van der Waals surface area contributed by atoms with Gasteiger partial charge in [-0.2, -0.15) is 0 Å². The van der Waals surface area contributed by atoms with E-state index in [0.29, 0.717) is 18.9 Å². The number of amides is 1. The lowest BCUT2D eigenvalue weighted by atomic mass is 9.96. The van der Waals surface area contributed by atoms with Crippen molar-refractivity contribution in [3.8, 4) is 11.8 Å². The number of nitrogens with one attached hydrogen (secondary N) is 1. The van der Waals surface area contributed by atoms with Gasteiger partial charge in [-0.15, -0.1) is 11.3 Å². The molecule has 0 aromatic carbocycles. The van der Waals surface area contributed by atoms with Crippen LogP contribution in [0.5, 0.6) is 0 Å². The Labute approximate surface area is 130 Å². The summed E-state index contributed by atoms with van der Waals surface area (Å²) in [5.41, 5.74) is 0. The van der Waals surface area contributed by atoms with E-state index in [-0.39, 0.29) is 12.5 Å². The average molecular weight is 305 g/mol. The van der Waals surface area contributed by atoms with E-state index in [1.807, 2.05) is 12.1 Å². The summed E-state index contributed by atoms with van der Waals surface area (Å²) in [5.74, 6) is 6.25. The van der Waals surface area contributed by atoms with Crippen molar-refractivity contribution in [2.75, 3.05) is 6.61 Å². The molecule has 0 spiro atoms. The molecule has 0 aliphatic heterocycles. The second-order valence-corrected chi connectivity index (χ2v) is 6.73. The van der Waals surface area contributed by atoms with Gasteiger partial charge in [0.1, 0.15) is 6.61 Å². The molecule has 1 aromatic rings. The molecule has 1 aromatic heterocycles. The molecule has 1 saturated carbocycles. The molecule has 0 radical (unpaired) electrons. The van der Waals surface area contributed by atoms with Gasteiger partial charge >= 0.3 is 0 Å². The van der Waals surface area contributed by atoms with Crippen LogP contribution in [-0.4, -0.2) is 17.6 Å². The van der Waals surface area contributed by atoms with Crippen LogP contribution in [0.3, 0.4) is 0 Å². The fourth-order valence-electron chi connectivity index (χ4n) is 2.75. The Balaban J connectivity index is 1.74. The normalized spacial score (nSPS) is 15.9. The summed E-state index contributed by atoms with van der Waals surface area (Å²) in [4.78, 5) is 14.0. The van der Waals surface area contributed by atoms with Crippen molar-refractivity contribution in [1.82, 2.24) is 5.32 Å². The van der Waals surface area contributed by atoms with Gasteiger partial charge in [0.05, 0.1) is 11.4 Å². The molecule has 2 N–H and O–H groups in total. The Morgan fingerprint density at radius 1 is 1.29 bits per heavy atom. The van der Waals surface area contributed by atoms with E-state index in [9.17, 15) is 4.79 Å². The van der Waals surface area contributed by atoms with E-state index in [2.05, 4.69) is 17.2 Å². The molecule has 0 unspecified atom stereocenters. The standard InChI is InChI=1S/C17H23NO2S/c19-11-5-8-15-9-10-16(21-15)13-18-17(20)12-14-6-3-1-2-4-7-14/h9-10,14,19H,1-4,6-7,11-13H2,(H,18,20). The monoisotopic (exact) mass is 305 g/mol. The smallest absolute Gasteiger partial charge is 0.220 e. The Hall–Kier alpha value is -1.31. The van der Waals surface area contributed by atoms with E-state index in [1.54, 1.807) is 11.3 Å². The molecule has 3 nitrogen and oxygen atoms in total. The number of aliphatic hydroxyl groups excluding tert-OH is 1. The van der Waals surface area contributed by atoms with Crippen LogP contribution in [0.25, 0.3) is 0 Å². The summed E-state index contributed by atoms with van der Waals surface area (Å²) in [6.07, 6.45) is 8.27. The molecule has 1 heterocycles. The number of aliphatic hydroxyl groups is 1. The first-order valence-corrected chi connectivity index (χ1v) is 8.54. The minimum absolute atomic E-state index is 0.120. The molecule has 1 aliphatic rings. The zero-order chi connectivity index (χ0) is 14.9. The highest BCUT2D eigenvalue weighted by molar-refractivity contribution is 7.12. The molecular formula is C17H23NO2S. The summed E-state index contributed by atoms with van der Waals surface area (Å²) in [6.45, 7) is 0.461. The lowest BCUT2D eigenvalue weighted by Gasteiger charge is -2.13. The summed E-state index contributed by atoms with van der Waals surface area (Å²) in [5, 5.41) is 11.7. The maximum absolute atomic E-state index is 12.0. The quantitative estimate of drug-likeness (QED) is 0.663. The number of hydrogen-bond acceptors (Lipinski definition) is 3. The van der Waals surface area contributed by atoms with Crippen molar-refractivity contribution in [3.05, 3.63) is 21.9 Å². The van der Waals surface area contributed by atoms with Gasteiger partial charge in [0.15, 0.2) is 0 Å². The zero-order valence-corrected chi connectivity index (χ0v) is 13.2. The van der Waals surface area contributed by atoms with Crippen LogP contribution in [0.15, 0.2) is 12.1 Å². The summed E-state index contributed by atoms with van der Waals surface area (Å²) in [7, 11) is 0. The number of carbonyl (C=O) groups is 1. The van der Waals surface area contributed by atoms with Crippen molar-refractivity contribution in [2.24, 2.45) is 5.92 Å². The van der Waals surface area contributed by atoms with Gasteiger partial charge < -0.3 is 10.4 Å². The third-order valence-electron chi connectivity index (χ3n) is 3.86. The van der Waals surface area contributed by atoms with E-state index < -0.39 is 0 Å². The minimum atomic E-state index is -0.120. The van der Waals surface area contributed by atoms with Crippen molar-refractivity contribution in [2.45, 2.75) is 51.5 Å². The maximum Gasteiger partial charge on any atom is 0.220 e. The predicted molar refractivity (Wildman–Crippen MR) is 85.9 cm³/mol. The minimum Gasteiger partial charge on any atom is -0.384 e. The summed E-state index contributed by atoms with van der Waals surface area (Å²) < 4.78 is 0. The molecule has 21 heavy (non-hydrogen) atoms. The molecule has 0 atom stereocenters. The predicted octanol–water partition coefficient (Wildman–Crippen LogP) is 3.07. The van der Waals surface area contributed by atoms with Crippen LogP contribution in [0.1, 0.15) is 54.7 Å². The van der Waals surface area contributed by atoms with Crippen molar-refractivity contribution in [3.63, 3.8) is 0 Å². The van der Waals surface area contributed by atoms with Gasteiger partial charge in [-0.25, -0.2) is 0 Å². The number of rotatable bonds is 4. The van der Waals surface area contributed by atoms with Gasteiger partial charge in [0.25, 0.3) is 0 Å². The molecule has 1 fully saturated rings. The zero-order valence-electron chi connectivity index (χ0n) is 12.4. The molecule has 1 amide bonds. The second-order valence-electron chi connectivity index (χ2n) is 5.56. The van der Waals surface area contributed by atoms with E-state index in [4.69, 9.17) is 5.11 Å². The third-order valence-corrected chi connectivity index (χ3v) is 4.86. The SMILES string of the molecule is O=C(CC1CCCCCC1)NCc1ccc(C#CCO)s1. The fraction of sp³-hybridized carbons (Fsp3) is 0.588. The Bertz CT molecular complexity index is 504. The maximum atomic E-state index is 12.0. The first kappa shape index (κ1) is 16.1. The molecule has 4 heteroatoms. The Morgan fingerprint density at radius 2 is 2.05 bits per heavy atom. The Morgan fingerprint density at radius 3 is 2.76 bits per heavy atom. The van der Waals surface area contributed by atoms with Crippen molar-refractivity contribution < 1.29 is 9.90 Å².